The van der Waals surface area contributed by atoms with Crippen LogP contribution in [0.1, 0.15) is 21.1 Å². The largest absolute Gasteiger partial charge is 0.480 e. The fraction of sp³-hybridized carbons (Fsp3) is 0.714. The highest BCUT2D eigenvalue weighted by Gasteiger charge is 2.34. The molecule has 0 bridgehead atoms. The first kappa shape index (κ1) is 6.64. The maximum absolute atomic E-state index is 11.1. The van der Waals surface area contributed by atoms with Gasteiger partial charge in [0.15, 0.2) is 0 Å². The van der Waals surface area contributed by atoms with Crippen molar-refractivity contribution in [3.63, 3.8) is 0 Å². The number of rotatable bonds is 2. The van der Waals surface area contributed by atoms with Gasteiger partial charge in [-0.2, -0.15) is 0 Å². The van der Waals surface area contributed by atoms with Gasteiger partial charge in [-0.3, -0.25) is 4.79 Å². The zero-order chi connectivity index (χ0) is 9.14. The predicted molar refractivity (Wildman–Crippen MR) is 38.0 cm³/mol. The first-order valence-corrected chi connectivity index (χ1v) is 3.48. The second-order valence-corrected chi connectivity index (χ2v) is 2.48. The van der Waals surface area contributed by atoms with Crippen LogP contribution in [-0.2, 0) is 9.59 Å². The van der Waals surface area contributed by atoms with Gasteiger partial charge in [-0.1, -0.05) is 0 Å². The van der Waals surface area contributed by atoms with Gasteiger partial charge in [-0.25, -0.2) is 4.79 Å². The number of nitrogens with zero attached hydrogens (tertiary/aromatic N) is 1. The lowest BCUT2D eigenvalue weighted by Crippen LogP contribution is -2.38. The third-order valence-corrected chi connectivity index (χ3v) is 1.85. The van der Waals surface area contributed by atoms with Crippen LogP contribution in [0.5, 0.6) is 0 Å². The SMILES string of the molecule is [2H]CCN1C(=O)CC[C@H]1C(=O)O. The van der Waals surface area contributed by atoms with Crippen LogP contribution in [0.3, 0.4) is 0 Å². The van der Waals surface area contributed by atoms with Gasteiger partial charge in [-0.05, 0) is 13.3 Å². The molecule has 1 saturated heterocycles. The van der Waals surface area contributed by atoms with E-state index in [1.807, 2.05) is 0 Å². The van der Waals surface area contributed by atoms with E-state index in [1.54, 1.807) is 0 Å². The van der Waals surface area contributed by atoms with Gasteiger partial charge in [-0.15, -0.1) is 0 Å². The fourth-order valence-electron chi connectivity index (χ4n) is 1.27. The van der Waals surface area contributed by atoms with Crippen molar-refractivity contribution >= 4 is 11.9 Å². The monoisotopic (exact) mass is 158 g/mol. The third-order valence-electron chi connectivity index (χ3n) is 1.85. The molecule has 1 heterocycles. The second-order valence-electron chi connectivity index (χ2n) is 2.48. The Morgan fingerprint density at radius 3 is 3.27 bits per heavy atom. The highest BCUT2D eigenvalue weighted by Crippen LogP contribution is 2.17. The Morgan fingerprint density at radius 1 is 2.00 bits per heavy atom. The smallest absolute Gasteiger partial charge is 0.326 e. The second kappa shape index (κ2) is 2.90. The number of likely N-dealkylation sites (N-methyl/N-ethyl adjacent to an activating group) is 1. The molecular formula is C7H11NO3. The number of carboxylic acid groups (broad SMARTS) is 1. The summed E-state index contributed by atoms with van der Waals surface area (Å²) in [6.45, 7) is 0.297. The summed E-state index contributed by atoms with van der Waals surface area (Å²) in [6.07, 6.45) is 0.686. The molecule has 0 radical (unpaired) electrons. The lowest BCUT2D eigenvalue weighted by molar-refractivity contribution is -0.146. The van der Waals surface area contributed by atoms with Crippen LogP contribution in [0.2, 0.25) is 0 Å². The average molecular weight is 158 g/mol. The molecule has 1 rings (SSSR count). The number of likely N-dealkylation sites (tertiary alicyclic amines) is 1. The Morgan fingerprint density at radius 2 is 2.73 bits per heavy atom. The number of hydrogen-bond donors (Lipinski definition) is 1. The molecule has 0 spiro atoms. The summed E-state index contributed by atoms with van der Waals surface area (Å²) in [5, 5.41) is 8.67. The Bertz CT molecular complexity index is 207. The molecule has 0 aromatic rings. The highest BCUT2D eigenvalue weighted by molar-refractivity contribution is 5.87. The summed E-state index contributed by atoms with van der Waals surface area (Å²) >= 11 is 0. The minimum atomic E-state index is -0.964. The van der Waals surface area contributed by atoms with Crippen LogP contribution in [-0.4, -0.2) is 34.5 Å². The lowest BCUT2D eigenvalue weighted by Gasteiger charge is -2.18. The van der Waals surface area contributed by atoms with E-state index in [9.17, 15) is 9.59 Å². The van der Waals surface area contributed by atoms with E-state index in [2.05, 4.69) is 0 Å². The third kappa shape index (κ3) is 1.34. The van der Waals surface area contributed by atoms with E-state index in [0.29, 0.717) is 12.8 Å². The number of aliphatic carboxylic acids is 1. The number of carbonyl (C=O) groups excluding carboxylic acids is 1. The molecule has 4 heteroatoms. The molecule has 1 N–H and O–H groups in total. The number of carboxylic acids is 1. The summed E-state index contributed by atoms with van der Waals surface area (Å²) in [6, 6.07) is -0.692. The first-order valence-electron chi connectivity index (χ1n) is 4.19. The summed E-state index contributed by atoms with van der Waals surface area (Å²) < 4.78 is 6.90. The standard InChI is InChI=1S/C7H11NO3/c1-2-8-5(7(10)11)3-4-6(8)9/h5H,2-4H2,1H3,(H,10,11)/t5-/m0/s1/i1D. The summed E-state index contributed by atoms with van der Waals surface area (Å²) in [7, 11) is 0. The van der Waals surface area contributed by atoms with Gasteiger partial charge in [0.2, 0.25) is 5.91 Å². The molecule has 1 amide bonds. The van der Waals surface area contributed by atoms with Crippen LogP contribution in [0, 0.1) is 0 Å². The van der Waals surface area contributed by atoms with Crippen molar-refractivity contribution in [1.29, 1.82) is 0 Å². The molecule has 0 unspecified atom stereocenters. The van der Waals surface area contributed by atoms with Crippen LogP contribution < -0.4 is 0 Å². The van der Waals surface area contributed by atoms with Crippen molar-refractivity contribution in [3.05, 3.63) is 0 Å². The van der Waals surface area contributed by atoms with E-state index in [0.717, 1.165) is 0 Å². The highest BCUT2D eigenvalue weighted by atomic mass is 16.4. The molecule has 0 aromatic heterocycles. The van der Waals surface area contributed by atoms with Gasteiger partial charge < -0.3 is 10.0 Å². The fourth-order valence-corrected chi connectivity index (χ4v) is 1.27. The van der Waals surface area contributed by atoms with E-state index in [1.165, 1.54) is 4.90 Å². The van der Waals surface area contributed by atoms with Crippen molar-refractivity contribution in [2.24, 2.45) is 0 Å². The van der Waals surface area contributed by atoms with Crippen LogP contribution in [0.4, 0.5) is 0 Å². The first-order chi connectivity index (χ1) is 5.66. The molecule has 0 aromatic carbocycles. The Kier molecular flexibility index (Phi) is 1.75. The Labute approximate surface area is 66.2 Å². The predicted octanol–water partition coefficient (Wildman–Crippen LogP) is 0.0819. The van der Waals surface area contributed by atoms with Crippen LogP contribution in [0.15, 0.2) is 0 Å². The number of amides is 1. The molecular weight excluding hydrogens is 146 g/mol. The van der Waals surface area contributed by atoms with Gasteiger partial charge in [0.25, 0.3) is 0 Å². The normalized spacial score (nSPS) is 25.5. The Balaban J connectivity index is 2.63. The number of hydrogen-bond acceptors (Lipinski definition) is 2. The van der Waals surface area contributed by atoms with Crippen molar-refractivity contribution in [1.82, 2.24) is 4.90 Å². The minimum Gasteiger partial charge on any atom is -0.480 e. The Hall–Kier alpha value is -1.06. The number of carbonyl (C=O) groups is 2. The maximum Gasteiger partial charge on any atom is 0.326 e. The molecule has 4 nitrogen and oxygen atoms in total. The average Bonchev–Trinajstić information content (AvgIpc) is 2.34. The van der Waals surface area contributed by atoms with Gasteiger partial charge in [0, 0.05) is 14.3 Å². The topological polar surface area (TPSA) is 57.6 Å². The van der Waals surface area contributed by atoms with E-state index >= 15 is 0 Å². The van der Waals surface area contributed by atoms with Crippen molar-refractivity contribution in [3.8, 4) is 0 Å². The summed E-state index contributed by atoms with van der Waals surface area (Å²) in [5.74, 6) is -1.11. The van der Waals surface area contributed by atoms with E-state index < -0.39 is 12.0 Å². The molecule has 1 aliphatic heterocycles. The summed E-state index contributed by atoms with van der Waals surface area (Å²) in [5.41, 5.74) is 0. The van der Waals surface area contributed by atoms with Crippen LogP contribution in [0.25, 0.3) is 0 Å². The van der Waals surface area contributed by atoms with Crippen LogP contribution >= 0.6 is 0 Å². The molecule has 0 saturated carbocycles. The molecule has 62 valence electrons. The summed E-state index contributed by atoms with van der Waals surface area (Å²) in [4.78, 5) is 22.9. The zero-order valence-electron chi connectivity index (χ0n) is 7.12. The zero-order valence-corrected chi connectivity index (χ0v) is 6.12. The molecule has 1 atom stereocenters. The van der Waals surface area contributed by atoms with Gasteiger partial charge >= 0.3 is 5.97 Å². The quantitative estimate of drug-likeness (QED) is 0.619. The molecule has 1 aliphatic rings. The van der Waals surface area contributed by atoms with Crippen molar-refractivity contribution in [2.75, 3.05) is 6.54 Å². The lowest BCUT2D eigenvalue weighted by atomic mass is 10.2. The van der Waals surface area contributed by atoms with E-state index in [4.69, 9.17) is 6.48 Å². The van der Waals surface area contributed by atoms with Crippen molar-refractivity contribution in [2.45, 2.75) is 25.8 Å². The molecule has 1 fully saturated rings. The minimum absolute atomic E-state index is 0.0650. The molecule has 11 heavy (non-hydrogen) atoms. The van der Waals surface area contributed by atoms with Crippen molar-refractivity contribution < 1.29 is 16.1 Å². The van der Waals surface area contributed by atoms with Gasteiger partial charge in [0.05, 0.1) is 0 Å². The van der Waals surface area contributed by atoms with Gasteiger partial charge in [0.1, 0.15) is 6.04 Å². The molecule has 0 aliphatic carbocycles. The maximum atomic E-state index is 11.1. The van der Waals surface area contributed by atoms with E-state index in [-0.39, 0.29) is 19.4 Å².